The summed E-state index contributed by atoms with van der Waals surface area (Å²) in [7, 11) is 0. The van der Waals surface area contributed by atoms with Crippen LogP contribution in [0.2, 0.25) is 0 Å². The standard InChI is InChI=1S/C34H38O10/c1-20(18-35)25-13-11-22-9-7-21(8-10-22)5-4-6-27(37)41-30-28-26(44-34(2,3)31(30)43-33(25)39)14-12-23-17-24(15-16-40-19-36)32(38)42-29(23)28/h7-10,12,14,17,30-31,35-36H,4-6,11,13,15-16,18-19H2,1-3H3/t30-,31-/m0/s1. The van der Waals surface area contributed by atoms with E-state index in [1.807, 2.05) is 24.3 Å². The first kappa shape index (κ1) is 31.4. The van der Waals surface area contributed by atoms with E-state index in [1.54, 1.807) is 39.0 Å². The summed E-state index contributed by atoms with van der Waals surface area (Å²) in [6.07, 6.45) is 0.201. The van der Waals surface area contributed by atoms with Crippen molar-refractivity contribution >= 4 is 22.9 Å². The Kier molecular flexibility index (Phi) is 9.53. The predicted octanol–water partition coefficient (Wildman–Crippen LogP) is 4.25. The molecule has 3 aliphatic heterocycles. The lowest BCUT2D eigenvalue weighted by Crippen LogP contribution is -2.52. The second-order valence-electron chi connectivity index (χ2n) is 11.8. The van der Waals surface area contributed by atoms with Gasteiger partial charge < -0.3 is 33.6 Å². The minimum atomic E-state index is -1.15. The normalized spacial score (nSPS) is 21.6. The number of carbonyl (C=O) groups excluding carboxylic acids is 2. The van der Waals surface area contributed by atoms with Gasteiger partial charge in [0.25, 0.3) is 0 Å². The highest BCUT2D eigenvalue weighted by Gasteiger charge is 2.50. The van der Waals surface area contributed by atoms with E-state index in [2.05, 4.69) is 0 Å². The van der Waals surface area contributed by atoms with Crippen molar-refractivity contribution in [2.45, 2.75) is 77.1 Å². The van der Waals surface area contributed by atoms with Crippen molar-refractivity contribution in [3.05, 3.63) is 86.3 Å². The van der Waals surface area contributed by atoms with Crippen molar-refractivity contribution < 1.29 is 43.2 Å². The summed E-state index contributed by atoms with van der Waals surface area (Å²) in [4.78, 5) is 40.1. The van der Waals surface area contributed by atoms with Crippen LogP contribution in [0.5, 0.6) is 5.75 Å². The Morgan fingerprint density at radius 3 is 2.39 bits per heavy atom. The molecule has 4 heterocycles. The number of rotatable bonds is 5. The summed E-state index contributed by atoms with van der Waals surface area (Å²) in [6, 6.07) is 13.2. The van der Waals surface area contributed by atoms with Gasteiger partial charge in [-0.25, -0.2) is 9.59 Å². The highest BCUT2D eigenvalue weighted by atomic mass is 16.6. The molecule has 1 aromatic heterocycles. The molecule has 2 N–H and O–H groups in total. The van der Waals surface area contributed by atoms with E-state index >= 15 is 0 Å². The zero-order chi connectivity index (χ0) is 31.4. The maximum atomic E-state index is 13.8. The molecule has 0 saturated carbocycles. The van der Waals surface area contributed by atoms with Crippen LogP contribution in [0.1, 0.15) is 68.4 Å². The molecule has 3 aromatic rings. The lowest BCUT2D eigenvalue weighted by molar-refractivity contribution is -0.188. The van der Waals surface area contributed by atoms with E-state index in [-0.39, 0.29) is 31.6 Å². The number of aliphatic hydroxyl groups excluding tert-OH is 2. The second kappa shape index (κ2) is 13.3. The fourth-order valence-electron chi connectivity index (χ4n) is 5.74. The molecule has 3 aliphatic rings. The first-order chi connectivity index (χ1) is 21.1. The van der Waals surface area contributed by atoms with E-state index in [9.17, 15) is 19.5 Å². The average molecular weight is 607 g/mol. The van der Waals surface area contributed by atoms with Crippen LogP contribution in [0, 0.1) is 0 Å². The maximum absolute atomic E-state index is 13.8. The summed E-state index contributed by atoms with van der Waals surface area (Å²) in [5.74, 6) is -0.814. The summed E-state index contributed by atoms with van der Waals surface area (Å²) in [6.45, 7) is 4.49. The van der Waals surface area contributed by atoms with Gasteiger partial charge in [0, 0.05) is 29.4 Å². The molecule has 0 spiro atoms. The molecule has 0 radical (unpaired) electrons. The van der Waals surface area contributed by atoms with Crippen molar-refractivity contribution in [2.24, 2.45) is 0 Å². The zero-order valence-corrected chi connectivity index (χ0v) is 25.2. The van der Waals surface area contributed by atoms with Crippen molar-refractivity contribution in [1.29, 1.82) is 0 Å². The highest BCUT2D eigenvalue weighted by Crippen LogP contribution is 2.47. The Hall–Kier alpha value is -3.99. The molecule has 0 amide bonds. The zero-order valence-electron chi connectivity index (χ0n) is 25.2. The molecule has 0 saturated heterocycles. The largest absolute Gasteiger partial charge is 0.483 e. The number of hydrogen-bond donors (Lipinski definition) is 2. The second-order valence-corrected chi connectivity index (χ2v) is 11.8. The lowest BCUT2D eigenvalue weighted by atomic mass is 9.86. The summed E-state index contributed by atoms with van der Waals surface area (Å²) >= 11 is 0. The third kappa shape index (κ3) is 6.72. The maximum Gasteiger partial charge on any atom is 0.339 e. The SMILES string of the molecule is CC(CO)=C1CCc2ccc(cc2)CCCC(=O)O[C@H]2c3c(ccc4cc(CCOCO)c(=O)oc34)OC(C)(C)[C@H]2OC1=O. The number of aliphatic hydroxyl groups is 2. The number of hydrogen-bond acceptors (Lipinski definition) is 10. The highest BCUT2D eigenvalue weighted by molar-refractivity contribution is 5.90. The minimum absolute atomic E-state index is 0.119. The smallest absolute Gasteiger partial charge is 0.339 e. The van der Waals surface area contributed by atoms with Gasteiger partial charge in [0.1, 0.15) is 23.7 Å². The average Bonchev–Trinajstić information content (AvgIpc) is 2.99. The Bertz CT molecular complexity index is 1620. The number of ether oxygens (including phenoxy) is 4. The van der Waals surface area contributed by atoms with Gasteiger partial charge in [0.15, 0.2) is 12.2 Å². The number of esters is 2. The van der Waals surface area contributed by atoms with E-state index < -0.39 is 42.2 Å². The Morgan fingerprint density at radius 2 is 1.68 bits per heavy atom. The monoisotopic (exact) mass is 606 g/mol. The Balaban J connectivity index is 1.61. The van der Waals surface area contributed by atoms with Gasteiger partial charge in [-0.2, -0.15) is 0 Å². The molecule has 6 rings (SSSR count). The van der Waals surface area contributed by atoms with Gasteiger partial charge in [-0.15, -0.1) is 0 Å². The van der Waals surface area contributed by atoms with Crippen LogP contribution >= 0.6 is 0 Å². The van der Waals surface area contributed by atoms with Crippen LogP contribution < -0.4 is 10.4 Å². The van der Waals surface area contributed by atoms with Gasteiger partial charge >= 0.3 is 17.6 Å². The summed E-state index contributed by atoms with van der Waals surface area (Å²) in [5.41, 5.74) is 1.96. The van der Waals surface area contributed by atoms with E-state index in [0.29, 0.717) is 59.1 Å². The van der Waals surface area contributed by atoms with Crippen LogP contribution in [-0.2, 0) is 43.1 Å². The van der Waals surface area contributed by atoms with Gasteiger partial charge in [-0.05, 0) is 81.4 Å². The molecule has 2 aromatic carbocycles. The number of carbonyl (C=O) groups is 2. The van der Waals surface area contributed by atoms with Gasteiger partial charge in [-0.3, -0.25) is 4.79 Å². The molecule has 10 heteroatoms. The summed E-state index contributed by atoms with van der Waals surface area (Å²) in [5, 5.41) is 19.4. The molecular formula is C34H38O10. The van der Waals surface area contributed by atoms with Crippen molar-refractivity contribution in [2.75, 3.05) is 20.0 Å². The molecule has 2 atom stereocenters. The predicted molar refractivity (Wildman–Crippen MR) is 160 cm³/mol. The third-order valence-corrected chi connectivity index (χ3v) is 8.22. The van der Waals surface area contributed by atoms with Crippen molar-refractivity contribution in [3.63, 3.8) is 0 Å². The lowest BCUT2D eigenvalue weighted by Gasteiger charge is -2.43. The molecular weight excluding hydrogens is 568 g/mol. The van der Waals surface area contributed by atoms with Gasteiger partial charge in [-0.1, -0.05) is 24.3 Å². The van der Waals surface area contributed by atoms with Crippen molar-refractivity contribution in [3.8, 4) is 5.75 Å². The van der Waals surface area contributed by atoms with Gasteiger partial charge in [0.2, 0.25) is 0 Å². The molecule has 0 fully saturated rings. The quantitative estimate of drug-likeness (QED) is 0.142. The molecule has 0 unspecified atom stereocenters. The van der Waals surface area contributed by atoms with Crippen LogP contribution in [0.15, 0.2) is 62.8 Å². The molecule has 234 valence electrons. The fourth-order valence-corrected chi connectivity index (χ4v) is 5.74. The van der Waals surface area contributed by atoms with E-state index in [4.69, 9.17) is 28.5 Å². The van der Waals surface area contributed by atoms with Crippen LogP contribution in [0.3, 0.4) is 0 Å². The Morgan fingerprint density at radius 1 is 0.955 bits per heavy atom. The van der Waals surface area contributed by atoms with Gasteiger partial charge in [0.05, 0.1) is 18.8 Å². The van der Waals surface area contributed by atoms with Crippen molar-refractivity contribution in [1.82, 2.24) is 0 Å². The Labute approximate surface area is 255 Å². The van der Waals surface area contributed by atoms with E-state index in [1.165, 1.54) is 0 Å². The number of benzene rings is 2. The first-order valence-corrected chi connectivity index (χ1v) is 14.9. The topological polar surface area (TPSA) is 142 Å². The van der Waals surface area contributed by atoms with Crippen LogP contribution in [0.4, 0.5) is 0 Å². The molecule has 2 bridgehead atoms. The fraction of sp³-hybridized carbons (Fsp3) is 0.441. The molecule has 44 heavy (non-hydrogen) atoms. The third-order valence-electron chi connectivity index (χ3n) is 8.22. The molecule has 0 aliphatic carbocycles. The number of aryl methyl sites for hydroxylation is 2. The van der Waals surface area contributed by atoms with Crippen LogP contribution in [-0.4, -0.2) is 53.9 Å². The molecule has 10 nitrogen and oxygen atoms in total. The van der Waals surface area contributed by atoms with E-state index in [0.717, 1.165) is 11.1 Å². The number of fused-ring (bicyclic) bond motifs is 13. The van der Waals surface area contributed by atoms with Crippen LogP contribution in [0.25, 0.3) is 11.0 Å². The first-order valence-electron chi connectivity index (χ1n) is 14.9. The summed E-state index contributed by atoms with van der Waals surface area (Å²) < 4.78 is 29.4. The minimum Gasteiger partial charge on any atom is -0.483 e.